The molecule has 3 rings (SSSR count). The van der Waals surface area contributed by atoms with E-state index in [9.17, 15) is 0 Å². The zero-order valence-corrected chi connectivity index (χ0v) is 13.6. The summed E-state index contributed by atoms with van der Waals surface area (Å²) < 4.78 is 1.83. The number of nitrogens with zero attached hydrogens (tertiary/aromatic N) is 7. The number of aromatic nitrogens is 5. The monoisotopic (exact) mass is 321 g/mol. The second-order valence-corrected chi connectivity index (χ2v) is 6.06. The normalized spacial score (nSPS) is 16.9. The Labute approximate surface area is 134 Å². The smallest absolute Gasteiger partial charge is 0.225 e. The number of hydrogen-bond donors (Lipinski definition) is 0. The highest BCUT2D eigenvalue weighted by atomic mass is 35.5. The largest absolute Gasteiger partial charge is 0.341 e. The van der Waals surface area contributed by atoms with Gasteiger partial charge in [0.25, 0.3) is 0 Å². The SMILES string of the molecule is CN(c1ncc(Cl)cn1)C1CCN(Cc2ncnn2C)CC1. The van der Waals surface area contributed by atoms with Gasteiger partial charge in [-0.05, 0) is 12.8 Å². The maximum absolute atomic E-state index is 5.84. The number of aryl methyl sites for hydroxylation is 1. The summed E-state index contributed by atoms with van der Waals surface area (Å²) in [6.07, 6.45) is 7.06. The maximum atomic E-state index is 5.84. The third-order valence-electron chi connectivity index (χ3n) is 4.20. The van der Waals surface area contributed by atoms with Crippen molar-refractivity contribution >= 4 is 17.5 Å². The van der Waals surface area contributed by atoms with Crippen LogP contribution in [0.5, 0.6) is 0 Å². The standard InChI is InChI=1S/C14H20ClN7/c1-20(14-16-7-11(15)8-17-14)12-3-5-22(6-4-12)9-13-18-10-19-21(13)2/h7-8,10,12H,3-6,9H2,1-2H3. The highest BCUT2D eigenvalue weighted by Gasteiger charge is 2.24. The number of halogens is 1. The molecular formula is C14H20ClN7. The van der Waals surface area contributed by atoms with Crippen LogP contribution in [0, 0.1) is 0 Å². The Bertz CT molecular complexity index is 604. The molecule has 0 spiro atoms. The molecule has 0 radical (unpaired) electrons. The highest BCUT2D eigenvalue weighted by molar-refractivity contribution is 6.30. The molecule has 7 nitrogen and oxygen atoms in total. The van der Waals surface area contributed by atoms with Gasteiger partial charge in [-0.15, -0.1) is 0 Å². The van der Waals surface area contributed by atoms with Crippen LogP contribution in [0.25, 0.3) is 0 Å². The summed E-state index contributed by atoms with van der Waals surface area (Å²) in [5, 5.41) is 4.68. The van der Waals surface area contributed by atoms with E-state index in [0.29, 0.717) is 11.1 Å². The van der Waals surface area contributed by atoms with E-state index in [4.69, 9.17) is 11.6 Å². The van der Waals surface area contributed by atoms with Crippen molar-refractivity contribution in [1.29, 1.82) is 0 Å². The van der Waals surface area contributed by atoms with Gasteiger partial charge in [-0.3, -0.25) is 9.58 Å². The van der Waals surface area contributed by atoms with Crippen LogP contribution in [0.15, 0.2) is 18.7 Å². The molecule has 3 heterocycles. The summed E-state index contributed by atoms with van der Waals surface area (Å²) in [5.41, 5.74) is 0. The fraction of sp³-hybridized carbons (Fsp3) is 0.571. The van der Waals surface area contributed by atoms with Crippen LogP contribution < -0.4 is 4.90 Å². The Kier molecular flexibility index (Phi) is 4.54. The fourth-order valence-electron chi connectivity index (χ4n) is 2.78. The summed E-state index contributed by atoms with van der Waals surface area (Å²) in [7, 11) is 3.98. The van der Waals surface area contributed by atoms with Crippen molar-refractivity contribution in [3.05, 3.63) is 29.6 Å². The molecule has 1 aliphatic rings. The predicted molar refractivity (Wildman–Crippen MR) is 84.7 cm³/mol. The minimum atomic E-state index is 0.455. The van der Waals surface area contributed by atoms with E-state index >= 15 is 0 Å². The minimum Gasteiger partial charge on any atom is -0.341 e. The molecule has 0 amide bonds. The Balaban J connectivity index is 1.55. The van der Waals surface area contributed by atoms with E-state index in [1.54, 1.807) is 18.7 Å². The van der Waals surface area contributed by atoms with Gasteiger partial charge in [-0.1, -0.05) is 11.6 Å². The van der Waals surface area contributed by atoms with E-state index in [1.165, 1.54) is 0 Å². The molecule has 1 aliphatic heterocycles. The van der Waals surface area contributed by atoms with E-state index in [-0.39, 0.29) is 0 Å². The predicted octanol–water partition coefficient (Wildman–Crippen LogP) is 1.36. The molecule has 0 atom stereocenters. The van der Waals surface area contributed by atoms with Crippen molar-refractivity contribution in [2.45, 2.75) is 25.4 Å². The van der Waals surface area contributed by atoms with Gasteiger partial charge in [-0.2, -0.15) is 5.10 Å². The van der Waals surface area contributed by atoms with Crippen LogP contribution >= 0.6 is 11.6 Å². The molecule has 22 heavy (non-hydrogen) atoms. The minimum absolute atomic E-state index is 0.455. The lowest BCUT2D eigenvalue weighted by atomic mass is 10.0. The molecule has 0 aromatic carbocycles. The van der Waals surface area contributed by atoms with Crippen molar-refractivity contribution in [3.63, 3.8) is 0 Å². The van der Waals surface area contributed by atoms with Crippen LogP contribution in [0.2, 0.25) is 5.02 Å². The Morgan fingerprint density at radius 3 is 2.50 bits per heavy atom. The Morgan fingerprint density at radius 2 is 1.91 bits per heavy atom. The van der Waals surface area contributed by atoms with Crippen molar-refractivity contribution in [3.8, 4) is 0 Å². The molecule has 1 fully saturated rings. The van der Waals surface area contributed by atoms with Crippen LogP contribution in [0.3, 0.4) is 0 Å². The van der Waals surface area contributed by atoms with Crippen LogP contribution in [0.4, 0.5) is 5.95 Å². The van der Waals surface area contributed by atoms with Crippen LogP contribution in [-0.2, 0) is 13.6 Å². The van der Waals surface area contributed by atoms with Crippen molar-refractivity contribution in [2.24, 2.45) is 7.05 Å². The molecule has 1 saturated heterocycles. The molecule has 8 heteroatoms. The van der Waals surface area contributed by atoms with Gasteiger partial charge >= 0.3 is 0 Å². The first-order valence-corrected chi connectivity index (χ1v) is 7.77. The number of piperidine rings is 1. The summed E-state index contributed by atoms with van der Waals surface area (Å²) in [5.74, 6) is 1.74. The maximum Gasteiger partial charge on any atom is 0.225 e. The lowest BCUT2D eigenvalue weighted by molar-refractivity contribution is 0.196. The molecule has 0 N–H and O–H groups in total. The van der Waals surface area contributed by atoms with Crippen LogP contribution in [-0.4, -0.2) is 55.8 Å². The number of hydrogen-bond acceptors (Lipinski definition) is 6. The Hall–Kier alpha value is -1.73. The van der Waals surface area contributed by atoms with E-state index in [2.05, 4.69) is 29.9 Å². The zero-order valence-electron chi connectivity index (χ0n) is 12.9. The summed E-state index contributed by atoms with van der Waals surface area (Å²) in [4.78, 5) is 17.4. The zero-order chi connectivity index (χ0) is 15.5. The van der Waals surface area contributed by atoms with Crippen molar-refractivity contribution in [1.82, 2.24) is 29.6 Å². The first-order chi connectivity index (χ1) is 10.6. The second-order valence-electron chi connectivity index (χ2n) is 5.62. The molecule has 2 aromatic rings. The first kappa shape index (κ1) is 15.2. The lowest BCUT2D eigenvalue weighted by Gasteiger charge is -2.36. The summed E-state index contributed by atoms with van der Waals surface area (Å²) >= 11 is 5.84. The first-order valence-electron chi connectivity index (χ1n) is 7.39. The van der Waals surface area contributed by atoms with Crippen molar-refractivity contribution < 1.29 is 0 Å². The fourth-order valence-corrected chi connectivity index (χ4v) is 2.88. The van der Waals surface area contributed by atoms with Gasteiger partial charge in [0.05, 0.1) is 24.0 Å². The molecule has 0 bridgehead atoms. The lowest BCUT2D eigenvalue weighted by Crippen LogP contribution is -2.43. The molecular weight excluding hydrogens is 302 g/mol. The van der Waals surface area contributed by atoms with Gasteiger partial charge in [0.2, 0.25) is 5.95 Å². The molecule has 0 aliphatic carbocycles. The molecule has 0 saturated carbocycles. The molecule has 118 valence electrons. The average molecular weight is 322 g/mol. The van der Waals surface area contributed by atoms with Gasteiger partial charge in [0, 0.05) is 33.2 Å². The summed E-state index contributed by atoms with van der Waals surface area (Å²) in [6.45, 7) is 2.93. The van der Waals surface area contributed by atoms with Gasteiger partial charge < -0.3 is 4.90 Å². The number of anilines is 1. The van der Waals surface area contributed by atoms with Crippen molar-refractivity contribution in [2.75, 3.05) is 25.0 Å². The Morgan fingerprint density at radius 1 is 1.23 bits per heavy atom. The van der Waals surface area contributed by atoms with E-state index in [0.717, 1.165) is 44.2 Å². The van der Waals surface area contributed by atoms with E-state index < -0.39 is 0 Å². The van der Waals surface area contributed by atoms with E-state index in [1.807, 2.05) is 18.8 Å². The number of rotatable bonds is 4. The second kappa shape index (κ2) is 6.58. The van der Waals surface area contributed by atoms with Gasteiger partial charge in [0.15, 0.2) is 0 Å². The van der Waals surface area contributed by atoms with Gasteiger partial charge in [0.1, 0.15) is 12.2 Å². The third kappa shape index (κ3) is 3.36. The number of likely N-dealkylation sites (tertiary alicyclic amines) is 1. The quantitative estimate of drug-likeness (QED) is 0.847. The van der Waals surface area contributed by atoms with Gasteiger partial charge in [-0.25, -0.2) is 15.0 Å². The van der Waals surface area contributed by atoms with Crippen LogP contribution in [0.1, 0.15) is 18.7 Å². The third-order valence-corrected chi connectivity index (χ3v) is 4.39. The summed E-state index contributed by atoms with van der Waals surface area (Å²) in [6, 6.07) is 0.455. The topological polar surface area (TPSA) is 63.0 Å². The molecule has 2 aromatic heterocycles. The average Bonchev–Trinajstić information content (AvgIpc) is 2.93. The highest BCUT2D eigenvalue weighted by Crippen LogP contribution is 2.20. The molecule has 0 unspecified atom stereocenters.